The predicted octanol–water partition coefficient (Wildman–Crippen LogP) is 3.23. The molecule has 0 spiro atoms. The van der Waals surface area contributed by atoms with Gasteiger partial charge in [-0.1, -0.05) is 24.3 Å². The molecule has 0 bridgehead atoms. The quantitative estimate of drug-likeness (QED) is 0.855. The maximum atomic E-state index is 12.0. The van der Waals surface area contributed by atoms with Gasteiger partial charge in [-0.2, -0.15) is 5.26 Å². The lowest BCUT2D eigenvalue weighted by Gasteiger charge is -2.10. The van der Waals surface area contributed by atoms with Crippen LogP contribution in [-0.2, 0) is 17.2 Å². The summed E-state index contributed by atoms with van der Waals surface area (Å²) in [6, 6.07) is 14.9. The molecule has 2 N–H and O–H groups in total. The first-order valence-corrected chi connectivity index (χ1v) is 8.35. The zero-order valence-electron chi connectivity index (χ0n) is 12.9. The van der Waals surface area contributed by atoms with Crippen LogP contribution in [0.15, 0.2) is 42.5 Å². The highest BCUT2D eigenvalue weighted by Gasteiger charge is 2.06. The van der Waals surface area contributed by atoms with Gasteiger partial charge in [-0.15, -0.1) is 11.8 Å². The van der Waals surface area contributed by atoms with Crippen molar-refractivity contribution in [2.45, 2.75) is 19.3 Å². The van der Waals surface area contributed by atoms with Crippen LogP contribution in [0.4, 0.5) is 5.69 Å². The summed E-state index contributed by atoms with van der Waals surface area (Å²) >= 11 is 1.52. The number of anilines is 1. The Morgan fingerprint density at radius 1 is 1.22 bits per heavy atom. The molecule has 1 amide bonds. The largest absolute Gasteiger partial charge is 0.392 e. The van der Waals surface area contributed by atoms with Crippen molar-refractivity contribution < 1.29 is 9.90 Å². The van der Waals surface area contributed by atoms with Gasteiger partial charge in [-0.25, -0.2) is 0 Å². The highest BCUT2D eigenvalue weighted by atomic mass is 32.2. The van der Waals surface area contributed by atoms with E-state index in [9.17, 15) is 4.79 Å². The maximum Gasteiger partial charge on any atom is 0.234 e. The molecule has 0 aliphatic carbocycles. The van der Waals surface area contributed by atoms with Crippen molar-refractivity contribution in [3.63, 3.8) is 0 Å². The normalized spacial score (nSPS) is 10.1. The van der Waals surface area contributed by atoms with Crippen LogP contribution in [0.3, 0.4) is 0 Å². The lowest BCUT2D eigenvalue weighted by atomic mass is 10.1. The Morgan fingerprint density at radius 2 is 1.91 bits per heavy atom. The van der Waals surface area contributed by atoms with Crippen LogP contribution < -0.4 is 5.32 Å². The molecule has 0 saturated carbocycles. The Morgan fingerprint density at radius 3 is 2.57 bits per heavy atom. The second kappa shape index (κ2) is 8.37. The molecular formula is C18H18N2O2S. The molecule has 118 valence electrons. The van der Waals surface area contributed by atoms with Crippen molar-refractivity contribution >= 4 is 23.4 Å². The smallest absolute Gasteiger partial charge is 0.234 e. The molecule has 2 rings (SSSR count). The van der Waals surface area contributed by atoms with E-state index in [2.05, 4.69) is 11.4 Å². The van der Waals surface area contributed by atoms with Crippen molar-refractivity contribution in [1.82, 2.24) is 0 Å². The summed E-state index contributed by atoms with van der Waals surface area (Å²) in [5.41, 5.74) is 4.19. The van der Waals surface area contributed by atoms with Crippen LogP contribution in [0.5, 0.6) is 0 Å². The molecule has 5 heteroatoms. The monoisotopic (exact) mass is 326 g/mol. The summed E-state index contributed by atoms with van der Waals surface area (Å²) in [7, 11) is 0. The second-order valence-corrected chi connectivity index (χ2v) is 6.14. The Kier molecular flexibility index (Phi) is 6.21. The van der Waals surface area contributed by atoms with E-state index in [1.165, 1.54) is 11.8 Å². The van der Waals surface area contributed by atoms with Gasteiger partial charge in [-0.05, 0) is 41.8 Å². The van der Waals surface area contributed by atoms with E-state index in [4.69, 9.17) is 10.4 Å². The number of hydrogen-bond donors (Lipinski definition) is 2. The molecule has 0 fully saturated rings. The van der Waals surface area contributed by atoms with Crippen molar-refractivity contribution in [3.05, 3.63) is 64.7 Å². The van der Waals surface area contributed by atoms with Crippen LogP contribution in [0, 0.1) is 18.3 Å². The number of nitriles is 1. The number of aliphatic hydroxyl groups is 1. The van der Waals surface area contributed by atoms with Crippen molar-refractivity contribution in [1.29, 1.82) is 5.26 Å². The van der Waals surface area contributed by atoms with Gasteiger partial charge in [0.1, 0.15) is 0 Å². The molecule has 0 saturated heterocycles. The van der Waals surface area contributed by atoms with E-state index in [1.54, 1.807) is 18.2 Å². The highest BCUT2D eigenvalue weighted by molar-refractivity contribution is 7.99. The average molecular weight is 326 g/mol. The first-order chi connectivity index (χ1) is 11.1. The molecule has 0 unspecified atom stereocenters. The third kappa shape index (κ3) is 5.13. The van der Waals surface area contributed by atoms with Gasteiger partial charge < -0.3 is 10.4 Å². The number of aliphatic hydroxyl groups excluding tert-OH is 1. The second-order valence-electron chi connectivity index (χ2n) is 5.16. The first-order valence-electron chi connectivity index (χ1n) is 7.19. The number of hydrogen-bond acceptors (Lipinski definition) is 4. The summed E-state index contributed by atoms with van der Waals surface area (Å²) in [6.45, 7) is 1.87. The number of nitrogens with one attached hydrogen (secondary N) is 1. The number of aryl methyl sites for hydroxylation is 1. The summed E-state index contributed by atoms with van der Waals surface area (Å²) in [4.78, 5) is 12.0. The lowest BCUT2D eigenvalue weighted by molar-refractivity contribution is -0.113. The van der Waals surface area contributed by atoms with Crippen molar-refractivity contribution in [2.24, 2.45) is 0 Å². The van der Waals surface area contributed by atoms with Gasteiger partial charge in [-0.3, -0.25) is 4.79 Å². The zero-order chi connectivity index (χ0) is 16.7. The third-order valence-corrected chi connectivity index (χ3v) is 4.35. The molecule has 0 radical (unpaired) electrons. The van der Waals surface area contributed by atoms with Crippen molar-refractivity contribution in [3.8, 4) is 6.07 Å². The fourth-order valence-corrected chi connectivity index (χ4v) is 2.81. The Labute approximate surface area is 140 Å². The maximum absolute atomic E-state index is 12.0. The van der Waals surface area contributed by atoms with E-state index in [0.717, 1.165) is 28.1 Å². The summed E-state index contributed by atoms with van der Waals surface area (Å²) < 4.78 is 0. The van der Waals surface area contributed by atoms with E-state index in [1.807, 2.05) is 31.2 Å². The predicted molar refractivity (Wildman–Crippen MR) is 93.1 cm³/mol. The number of carbonyl (C=O) groups is 1. The molecule has 23 heavy (non-hydrogen) atoms. The van der Waals surface area contributed by atoms with Crippen LogP contribution in [0.2, 0.25) is 0 Å². The Balaban J connectivity index is 1.84. The first kappa shape index (κ1) is 17.1. The van der Waals surface area contributed by atoms with Crippen LogP contribution in [-0.4, -0.2) is 16.8 Å². The molecule has 0 aliphatic rings. The lowest BCUT2D eigenvalue weighted by Crippen LogP contribution is -2.15. The number of carbonyl (C=O) groups excluding carboxylic acids is 1. The van der Waals surface area contributed by atoms with E-state index >= 15 is 0 Å². The summed E-state index contributed by atoms with van der Waals surface area (Å²) in [5.74, 6) is 0.999. The molecule has 4 nitrogen and oxygen atoms in total. The summed E-state index contributed by atoms with van der Waals surface area (Å²) in [6.07, 6.45) is 0. The van der Waals surface area contributed by atoms with E-state index < -0.39 is 0 Å². The number of nitrogens with zero attached hydrogens (tertiary/aromatic N) is 1. The Hall–Kier alpha value is -2.29. The van der Waals surface area contributed by atoms with E-state index in [0.29, 0.717) is 11.3 Å². The topological polar surface area (TPSA) is 73.1 Å². The molecule has 0 heterocycles. The van der Waals surface area contributed by atoms with Gasteiger partial charge in [0.2, 0.25) is 5.91 Å². The minimum atomic E-state index is -0.0677. The molecule has 2 aromatic carbocycles. The SMILES string of the molecule is Cc1ccc(CO)cc1NC(=O)CSCc1ccc(C#N)cc1. The molecule has 0 aromatic heterocycles. The average Bonchev–Trinajstić information content (AvgIpc) is 2.57. The minimum absolute atomic E-state index is 0.0450. The number of amides is 1. The van der Waals surface area contributed by atoms with Crippen LogP contribution >= 0.6 is 11.8 Å². The van der Waals surface area contributed by atoms with Gasteiger partial charge in [0.25, 0.3) is 0 Å². The van der Waals surface area contributed by atoms with E-state index in [-0.39, 0.29) is 12.5 Å². The zero-order valence-corrected chi connectivity index (χ0v) is 13.7. The van der Waals surface area contributed by atoms with Gasteiger partial charge in [0.05, 0.1) is 24.0 Å². The molecular weight excluding hydrogens is 308 g/mol. The molecule has 0 atom stereocenters. The number of rotatable bonds is 6. The molecule has 0 aliphatic heterocycles. The molecule has 2 aromatic rings. The standard InChI is InChI=1S/C18H18N2O2S/c1-13-2-3-16(10-21)8-17(13)20-18(22)12-23-11-15-6-4-14(9-19)5-7-15/h2-8,21H,10-12H2,1H3,(H,20,22). The number of thioether (sulfide) groups is 1. The van der Waals surface area contributed by atoms with Gasteiger partial charge >= 0.3 is 0 Å². The van der Waals surface area contributed by atoms with Crippen LogP contribution in [0.1, 0.15) is 22.3 Å². The fraction of sp³-hybridized carbons (Fsp3) is 0.222. The van der Waals surface area contributed by atoms with Crippen molar-refractivity contribution in [2.75, 3.05) is 11.1 Å². The Bertz CT molecular complexity index is 721. The highest BCUT2D eigenvalue weighted by Crippen LogP contribution is 2.18. The van der Waals surface area contributed by atoms with Gasteiger partial charge in [0.15, 0.2) is 0 Å². The number of benzene rings is 2. The van der Waals surface area contributed by atoms with Crippen LogP contribution in [0.25, 0.3) is 0 Å². The third-order valence-electron chi connectivity index (χ3n) is 3.34. The van der Waals surface area contributed by atoms with Gasteiger partial charge in [0, 0.05) is 11.4 Å². The minimum Gasteiger partial charge on any atom is -0.392 e. The fourth-order valence-electron chi connectivity index (χ4n) is 2.03. The summed E-state index contributed by atoms with van der Waals surface area (Å²) in [5, 5.41) is 20.8.